The normalized spacial score (nSPS) is 21.8. The van der Waals surface area contributed by atoms with Crippen molar-refractivity contribution in [2.75, 3.05) is 0 Å². The van der Waals surface area contributed by atoms with Crippen LogP contribution in [0.1, 0.15) is 53.0 Å². The van der Waals surface area contributed by atoms with Gasteiger partial charge in [-0.1, -0.05) is 51.1 Å². The monoisotopic (exact) mass is 389 g/mol. The number of hydrogen-bond donors (Lipinski definition) is 1. The van der Waals surface area contributed by atoms with E-state index in [0.29, 0.717) is 18.8 Å². The van der Waals surface area contributed by atoms with E-state index in [-0.39, 0.29) is 18.2 Å². The maximum atomic E-state index is 12.9. The van der Waals surface area contributed by atoms with Gasteiger partial charge in [0.2, 0.25) is 0 Å². The lowest BCUT2D eigenvalue weighted by molar-refractivity contribution is -0.133. The van der Waals surface area contributed by atoms with Gasteiger partial charge in [0.15, 0.2) is 0 Å². The van der Waals surface area contributed by atoms with Crippen molar-refractivity contribution in [2.45, 2.75) is 71.9 Å². The van der Waals surface area contributed by atoms with Crippen molar-refractivity contribution >= 4 is 12.1 Å². The van der Waals surface area contributed by atoms with E-state index in [1.54, 1.807) is 17.9 Å². The second-order valence-electron chi connectivity index (χ2n) is 7.99. The third-order valence-electron chi connectivity index (χ3n) is 4.85. The van der Waals surface area contributed by atoms with Gasteiger partial charge in [-0.25, -0.2) is 9.59 Å². The van der Waals surface area contributed by atoms with Crippen LogP contribution in [0.4, 0.5) is 4.79 Å². The fraction of sp³-hybridized carbons (Fsp3) is 0.545. The predicted molar refractivity (Wildman–Crippen MR) is 107 cm³/mol. The SMILES string of the molecule is CCC(=CC1OC(C)(C)N(C(=O)OCc2ccccc2)C1CC(C)C)C(=O)O. The second kappa shape index (κ2) is 9.24. The van der Waals surface area contributed by atoms with Gasteiger partial charge in [-0.15, -0.1) is 0 Å². The summed E-state index contributed by atoms with van der Waals surface area (Å²) in [5, 5.41) is 9.39. The Morgan fingerprint density at radius 2 is 1.93 bits per heavy atom. The van der Waals surface area contributed by atoms with Crippen molar-refractivity contribution < 1.29 is 24.2 Å². The average molecular weight is 389 g/mol. The number of aliphatic carboxylic acids is 1. The van der Waals surface area contributed by atoms with Crippen LogP contribution in [0.15, 0.2) is 42.0 Å². The van der Waals surface area contributed by atoms with E-state index in [2.05, 4.69) is 13.8 Å². The number of rotatable bonds is 7. The molecule has 2 unspecified atom stereocenters. The Hall–Kier alpha value is -2.34. The van der Waals surface area contributed by atoms with Gasteiger partial charge in [0.05, 0.1) is 12.1 Å². The molecule has 1 saturated heterocycles. The van der Waals surface area contributed by atoms with Crippen molar-refractivity contribution in [3.8, 4) is 0 Å². The standard InChI is InChI=1S/C22H31NO5/c1-6-17(20(24)25)13-19-18(12-15(2)3)23(22(4,5)28-19)21(26)27-14-16-10-8-7-9-11-16/h7-11,13,15,18-19H,6,12,14H2,1-5H3,(H,24,25). The minimum absolute atomic E-state index is 0.177. The van der Waals surface area contributed by atoms with Crippen molar-refractivity contribution in [1.82, 2.24) is 4.90 Å². The van der Waals surface area contributed by atoms with Crippen LogP contribution in [0.3, 0.4) is 0 Å². The average Bonchev–Trinajstić information content (AvgIpc) is 2.87. The number of carboxylic acids is 1. The Balaban J connectivity index is 2.25. The summed E-state index contributed by atoms with van der Waals surface area (Å²) in [6, 6.07) is 9.21. The van der Waals surface area contributed by atoms with Crippen molar-refractivity contribution in [2.24, 2.45) is 5.92 Å². The third kappa shape index (κ3) is 5.35. The third-order valence-corrected chi connectivity index (χ3v) is 4.85. The number of hydrogen-bond acceptors (Lipinski definition) is 4. The topological polar surface area (TPSA) is 76.1 Å². The number of carboxylic acid groups (broad SMARTS) is 1. The lowest BCUT2D eigenvalue weighted by Gasteiger charge is -2.33. The van der Waals surface area contributed by atoms with E-state index >= 15 is 0 Å². The Morgan fingerprint density at radius 1 is 1.29 bits per heavy atom. The second-order valence-corrected chi connectivity index (χ2v) is 7.99. The van der Waals surface area contributed by atoms with Crippen LogP contribution in [0.5, 0.6) is 0 Å². The van der Waals surface area contributed by atoms with E-state index in [1.165, 1.54) is 0 Å². The summed E-state index contributed by atoms with van der Waals surface area (Å²) in [4.78, 5) is 26.0. The molecular weight excluding hydrogens is 358 g/mol. The molecule has 2 atom stereocenters. The first-order valence-electron chi connectivity index (χ1n) is 9.77. The molecule has 1 N–H and O–H groups in total. The molecule has 1 fully saturated rings. The molecule has 6 nitrogen and oxygen atoms in total. The fourth-order valence-electron chi connectivity index (χ4n) is 3.56. The molecule has 0 saturated carbocycles. The zero-order valence-electron chi connectivity index (χ0n) is 17.3. The molecule has 1 amide bonds. The minimum Gasteiger partial charge on any atom is -0.478 e. The van der Waals surface area contributed by atoms with Crippen LogP contribution in [0.2, 0.25) is 0 Å². The molecule has 1 aliphatic heterocycles. The zero-order chi connectivity index (χ0) is 20.9. The molecule has 28 heavy (non-hydrogen) atoms. The highest BCUT2D eigenvalue weighted by Crippen LogP contribution is 2.37. The van der Waals surface area contributed by atoms with Crippen molar-refractivity contribution in [3.05, 3.63) is 47.5 Å². The van der Waals surface area contributed by atoms with Gasteiger partial charge >= 0.3 is 12.1 Å². The maximum absolute atomic E-state index is 12.9. The van der Waals surface area contributed by atoms with Gasteiger partial charge < -0.3 is 14.6 Å². The summed E-state index contributed by atoms with van der Waals surface area (Å²) in [5.41, 5.74) is 0.296. The van der Waals surface area contributed by atoms with Crippen LogP contribution in [0.25, 0.3) is 0 Å². The van der Waals surface area contributed by atoms with Crippen molar-refractivity contribution in [3.63, 3.8) is 0 Å². The summed E-state index contributed by atoms with van der Waals surface area (Å²) in [5.74, 6) is -0.657. The fourth-order valence-corrected chi connectivity index (χ4v) is 3.56. The lowest BCUT2D eigenvalue weighted by Crippen LogP contribution is -2.48. The van der Waals surface area contributed by atoms with Gasteiger partial charge in [-0.3, -0.25) is 4.90 Å². The predicted octanol–water partition coefficient (Wildman–Crippen LogP) is 4.60. The van der Waals surface area contributed by atoms with Crippen LogP contribution in [-0.4, -0.2) is 39.9 Å². The zero-order valence-corrected chi connectivity index (χ0v) is 17.3. The molecule has 0 bridgehead atoms. The summed E-state index contributed by atoms with van der Waals surface area (Å²) in [7, 11) is 0. The number of nitrogens with zero attached hydrogens (tertiary/aromatic N) is 1. The van der Waals surface area contributed by atoms with Crippen LogP contribution >= 0.6 is 0 Å². The summed E-state index contributed by atoms with van der Waals surface area (Å²) < 4.78 is 11.7. The number of amides is 1. The first-order valence-corrected chi connectivity index (χ1v) is 9.77. The molecule has 2 rings (SSSR count). The quantitative estimate of drug-likeness (QED) is 0.690. The molecule has 6 heteroatoms. The maximum Gasteiger partial charge on any atom is 0.412 e. The molecule has 1 aliphatic rings. The van der Waals surface area contributed by atoms with Gasteiger partial charge in [-0.05, 0) is 44.2 Å². The minimum atomic E-state index is -0.961. The van der Waals surface area contributed by atoms with E-state index in [1.807, 2.05) is 44.2 Å². The highest BCUT2D eigenvalue weighted by Gasteiger charge is 2.50. The van der Waals surface area contributed by atoms with Gasteiger partial charge in [0.25, 0.3) is 0 Å². The van der Waals surface area contributed by atoms with Crippen molar-refractivity contribution in [1.29, 1.82) is 0 Å². The molecule has 0 aromatic heterocycles. The Labute approximate surface area is 167 Å². The number of benzene rings is 1. The molecule has 1 aromatic rings. The molecular formula is C22H31NO5. The number of carbonyl (C=O) groups is 2. The van der Waals surface area contributed by atoms with Crippen LogP contribution in [0, 0.1) is 5.92 Å². The van der Waals surface area contributed by atoms with Gasteiger partial charge in [0.1, 0.15) is 12.3 Å². The van der Waals surface area contributed by atoms with Gasteiger partial charge in [-0.2, -0.15) is 0 Å². The summed E-state index contributed by atoms with van der Waals surface area (Å²) in [6.45, 7) is 9.73. The molecule has 0 spiro atoms. The van der Waals surface area contributed by atoms with Crippen LogP contribution < -0.4 is 0 Å². The lowest BCUT2D eigenvalue weighted by atomic mass is 9.96. The first-order chi connectivity index (χ1) is 13.2. The first kappa shape index (κ1) is 22.0. The van der Waals surface area contributed by atoms with E-state index in [4.69, 9.17) is 9.47 Å². The summed E-state index contributed by atoms with van der Waals surface area (Å²) >= 11 is 0. The largest absolute Gasteiger partial charge is 0.478 e. The Bertz CT molecular complexity index is 711. The molecule has 1 heterocycles. The summed E-state index contributed by atoms with van der Waals surface area (Å²) in [6.07, 6.45) is 1.77. The van der Waals surface area contributed by atoms with Gasteiger partial charge in [0, 0.05) is 5.57 Å². The molecule has 0 radical (unpaired) electrons. The molecule has 1 aromatic carbocycles. The van der Waals surface area contributed by atoms with E-state index in [9.17, 15) is 14.7 Å². The Kier molecular flexibility index (Phi) is 7.24. The Morgan fingerprint density at radius 3 is 2.46 bits per heavy atom. The molecule has 0 aliphatic carbocycles. The smallest absolute Gasteiger partial charge is 0.412 e. The highest BCUT2D eigenvalue weighted by atomic mass is 16.6. The van der Waals surface area contributed by atoms with E-state index in [0.717, 1.165) is 5.56 Å². The highest BCUT2D eigenvalue weighted by molar-refractivity contribution is 5.86. The van der Waals surface area contributed by atoms with Crippen LogP contribution in [-0.2, 0) is 20.9 Å². The van der Waals surface area contributed by atoms with E-state index < -0.39 is 23.9 Å². The number of ether oxygens (including phenoxy) is 2. The number of carbonyl (C=O) groups excluding carboxylic acids is 1. The molecule has 154 valence electrons.